The van der Waals surface area contributed by atoms with E-state index in [0.717, 1.165) is 56.0 Å². The van der Waals surface area contributed by atoms with Crippen molar-refractivity contribution in [2.75, 3.05) is 26.2 Å². The molecule has 0 saturated carbocycles. The van der Waals surface area contributed by atoms with Crippen molar-refractivity contribution in [2.24, 2.45) is 5.92 Å². The lowest BCUT2D eigenvalue weighted by molar-refractivity contribution is -0.137. The first-order chi connectivity index (χ1) is 13.0. The number of piperidine rings is 1. The molecule has 0 N–H and O–H groups in total. The van der Waals surface area contributed by atoms with Crippen LogP contribution in [0, 0.1) is 18.7 Å². The zero-order valence-electron chi connectivity index (χ0n) is 16.4. The Labute approximate surface area is 160 Å². The molecule has 146 valence electrons. The SMILES string of the molecule is CCN(CC)C(=O)C1CCCN(Cc2nc(-c3ccc(F)cc3)oc2C)C1. The van der Waals surface area contributed by atoms with Gasteiger partial charge in [-0.25, -0.2) is 9.37 Å². The van der Waals surface area contributed by atoms with Crippen molar-refractivity contribution < 1.29 is 13.6 Å². The molecule has 0 radical (unpaired) electrons. The fourth-order valence-corrected chi connectivity index (χ4v) is 3.70. The summed E-state index contributed by atoms with van der Waals surface area (Å²) in [5.74, 6) is 1.32. The minimum absolute atomic E-state index is 0.0578. The van der Waals surface area contributed by atoms with Crippen molar-refractivity contribution in [3.05, 3.63) is 41.5 Å². The van der Waals surface area contributed by atoms with Gasteiger partial charge in [-0.15, -0.1) is 0 Å². The number of likely N-dealkylation sites (tertiary alicyclic amines) is 1. The lowest BCUT2D eigenvalue weighted by Crippen LogP contribution is -2.44. The zero-order chi connectivity index (χ0) is 19.4. The van der Waals surface area contributed by atoms with Gasteiger partial charge < -0.3 is 9.32 Å². The van der Waals surface area contributed by atoms with E-state index in [-0.39, 0.29) is 17.6 Å². The standard InChI is InChI=1S/C21H28FN3O2/c1-4-25(5-2)21(26)17-7-6-12-24(13-17)14-19-15(3)27-20(23-19)16-8-10-18(22)11-9-16/h8-11,17H,4-7,12-14H2,1-3H3. The third kappa shape index (κ3) is 4.56. The van der Waals surface area contributed by atoms with E-state index >= 15 is 0 Å². The van der Waals surface area contributed by atoms with Crippen molar-refractivity contribution in [3.63, 3.8) is 0 Å². The molecule has 1 aromatic heterocycles. The number of hydrogen-bond acceptors (Lipinski definition) is 4. The van der Waals surface area contributed by atoms with E-state index in [2.05, 4.69) is 9.88 Å². The van der Waals surface area contributed by atoms with Crippen molar-refractivity contribution in [3.8, 4) is 11.5 Å². The molecule has 1 unspecified atom stereocenters. The summed E-state index contributed by atoms with van der Waals surface area (Å²) >= 11 is 0. The molecular weight excluding hydrogens is 345 g/mol. The van der Waals surface area contributed by atoms with Crippen LogP contribution < -0.4 is 0 Å². The molecule has 0 aliphatic carbocycles. The Balaban J connectivity index is 1.68. The lowest BCUT2D eigenvalue weighted by atomic mass is 9.96. The molecular formula is C21H28FN3O2. The summed E-state index contributed by atoms with van der Waals surface area (Å²) in [6.45, 7) is 9.85. The number of aryl methyl sites for hydroxylation is 1. The number of carbonyl (C=O) groups excluding carboxylic acids is 1. The highest BCUT2D eigenvalue weighted by Crippen LogP contribution is 2.25. The van der Waals surface area contributed by atoms with Gasteiger partial charge in [-0.3, -0.25) is 9.69 Å². The van der Waals surface area contributed by atoms with E-state index in [1.807, 2.05) is 25.7 Å². The maximum Gasteiger partial charge on any atom is 0.226 e. The molecule has 2 aromatic rings. The predicted octanol–water partition coefficient (Wildman–Crippen LogP) is 3.87. The second kappa shape index (κ2) is 8.65. The van der Waals surface area contributed by atoms with Gasteiger partial charge in [0.2, 0.25) is 11.8 Å². The molecule has 27 heavy (non-hydrogen) atoms. The fraction of sp³-hybridized carbons (Fsp3) is 0.524. The van der Waals surface area contributed by atoms with Crippen LogP contribution in [-0.2, 0) is 11.3 Å². The van der Waals surface area contributed by atoms with Gasteiger partial charge in [-0.1, -0.05) is 0 Å². The summed E-state index contributed by atoms with van der Waals surface area (Å²) < 4.78 is 18.9. The third-order valence-corrected chi connectivity index (χ3v) is 5.29. The average Bonchev–Trinajstić information content (AvgIpc) is 3.04. The molecule has 1 aliphatic heterocycles. The highest BCUT2D eigenvalue weighted by molar-refractivity contribution is 5.79. The largest absolute Gasteiger partial charge is 0.441 e. The van der Waals surface area contributed by atoms with Gasteiger partial charge in [0, 0.05) is 31.7 Å². The molecule has 1 amide bonds. The first kappa shape index (κ1) is 19.5. The number of benzene rings is 1. The molecule has 1 aromatic carbocycles. The van der Waals surface area contributed by atoms with Gasteiger partial charge in [0.05, 0.1) is 11.6 Å². The molecule has 1 saturated heterocycles. The second-order valence-corrected chi connectivity index (χ2v) is 7.11. The topological polar surface area (TPSA) is 49.6 Å². The maximum absolute atomic E-state index is 13.1. The maximum atomic E-state index is 13.1. The Kier molecular flexibility index (Phi) is 6.26. The second-order valence-electron chi connectivity index (χ2n) is 7.11. The molecule has 0 spiro atoms. The molecule has 3 rings (SSSR count). The molecule has 5 nitrogen and oxygen atoms in total. The minimum Gasteiger partial charge on any atom is -0.441 e. The molecule has 0 bridgehead atoms. The smallest absolute Gasteiger partial charge is 0.226 e. The molecule has 1 aliphatic rings. The number of aromatic nitrogens is 1. The lowest BCUT2D eigenvalue weighted by Gasteiger charge is -2.34. The highest BCUT2D eigenvalue weighted by Gasteiger charge is 2.29. The normalized spacial score (nSPS) is 17.9. The number of carbonyl (C=O) groups is 1. The Morgan fingerprint density at radius 1 is 1.30 bits per heavy atom. The highest BCUT2D eigenvalue weighted by atomic mass is 19.1. The fourth-order valence-electron chi connectivity index (χ4n) is 3.70. The quantitative estimate of drug-likeness (QED) is 0.771. The Morgan fingerprint density at radius 2 is 2.00 bits per heavy atom. The number of halogens is 1. The van der Waals surface area contributed by atoms with Crippen LogP contribution in [0.5, 0.6) is 0 Å². The zero-order valence-corrected chi connectivity index (χ0v) is 16.4. The number of nitrogens with zero attached hydrogens (tertiary/aromatic N) is 3. The first-order valence-corrected chi connectivity index (χ1v) is 9.75. The van der Waals surface area contributed by atoms with Gasteiger partial charge in [-0.2, -0.15) is 0 Å². The summed E-state index contributed by atoms with van der Waals surface area (Å²) in [4.78, 5) is 21.5. The van der Waals surface area contributed by atoms with E-state index in [0.29, 0.717) is 12.4 Å². The average molecular weight is 373 g/mol. The number of amides is 1. The molecule has 6 heteroatoms. The van der Waals surface area contributed by atoms with Crippen LogP contribution in [0.4, 0.5) is 4.39 Å². The molecule has 2 heterocycles. The molecule has 1 atom stereocenters. The predicted molar refractivity (Wildman–Crippen MR) is 103 cm³/mol. The summed E-state index contributed by atoms with van der Waals surface area (Å²) in [6.07, 6.45) is 1.96. The van der Waals surface area contributed by atoms with E-state index in [1.165, 1.54) is 12.1 Å². The van der Waals surface area contributed by atoms with E-state index in [4.69, 9.17) is 4.42 Å². The van der Waals surface area contributed by atoms with Crippen molar-refractivity contribution in [1.82, 2.24) is 14.8 Å². The van der Waals surface area contributed by atoms with Crippen molar-refractivity contribution >= 4 is 5.91 Å². The summed E-state index contributed by atoms with van der Waals surface area (Å²) in [7, 11) is 0. The van der Waals surface area contributed by atoms with Gasteiger partial charge in [0.1, 0.15) is 11.6 Å². The van der Waals surface area contributed by atoms with Crippen LogP contribution >= 0.6 is 0 Å². The summed E-state index contributed by atoms with van der Waals surface area (Å²) in [5, 5.41) is 0. The molecule has 1 fully saturated rings. The minimum atomic E-state index is -0.278. The van der Waals surface area contributed by atoms with Crippen LogP contribution in [0.3, 0.4) is 0 Å². The first-order valence-electron chi connectivity index (χ1n) is 9.75. The summed E-state index contributed by atoms with van der Waals surface area (Å²) in [5.41, 5.74) is 1.64. The van der Waals surface area contributed by atoms with Crippen LogP contribution in [0.25, 0.3) is 11.5 Å². The third-order valence-electron chi connectivity index (χ3n) is 5.29. The van der Waals surface area contributed by atoms with Crippen LogP contribution in [0.1, 0.15) is 38.1 Å². The van der Waals surface area contributed by atoms with Crippen molar-refractivity contribution in [1.29, 1.82) is 0 Å². The Bertz CT molecular complexity index is 768. The Morgan fingerprint density at radius 3 is 2.67 bits per heavy atom. The Hall–Kier alpha value is -2.21. The van der Waals surface area contributed by atoms with Crippen LogP contribution in [0.2, 0.25) is 0 Å². The van der Waals surface area contributed by atoms with Gasteiger partial charge in [-0.05, 0) is 64.4 Å². The van der Waals surface area contributed by atoms with Crippen molar-refractivity contribution in [2.45, 2.75) is 40.2 Å². The number of rotatable bonds is 6. The van der Waals surface area contributed by atoms with Crippen LogP contribution in [0.15, 0.2) is 28.7 Å². The summed E-state index contributed by atoms with van der Waals surface area (Å²) in [6, 6.07) is 6.15. The van der Waals surface area contributed by atoms with E-state index < -0.39 is 0 Å². The van der Waals surface area contributed by atoms with Gasteiger partial charge in [0.25, 0.3) is 0 Å². The number of hydrogen-bond donors (Lipinski definition) is 0. The van der Waals surface area contributed by atoms with Gasteiger partial charge >= 0.3 is 0 Å². The number of oxazole rings is 1. The van der Waals surface area contributed by atoms with E-state index in [1.54, 1.807) is 12.1 Å². The monoisotopic (exact) mass is 373 g/mol. The van der Waals surface area contributed by atoms with E-state index in [9.17, 15) is 9.18 Å². The van der Waals surface area contributed by atoms with Crippen LogP contribution in [-0.4, -0.2) is 46.9 Å². The van der Waals surface area contributed by atoms with Gasteiger partial charge in [0.15, 0.2) is 0 Å².